The molecule has 0 N–H and O–H groups in total. The van der Waals surface area contributed by atoms with Crippen molar-refractivity contribution >= 4 is 5.69 Å². The fourth-order valence-corrected chi connectivity index (χ4v) is 2.74. The monoisotopic (exact) mass is 231 g/mol. The number of nitrogens with zero attached hydrogens (tertiary/aromatic N) is 2. The van der Waals surface area contributed by atoms with Crippen LogP contribution in [0.3, 0.4) is 0 Å². The summed E-state index contributed by atoms with van der Waals surface area (Å²) in [6, 6.07) is 9.16. The molecule has 0 amide bonds. The number of ether oxygens (including phenoxy) is 1. The molecule has 0 spiro atoms. The molecular weight excluding hydrogens is 212 g/mol. The summed E-state index contributed by atoms with van der Waals surface area (Å²) < 4.78 is 5.42. The second-order valence-electron chi connectivity index (χ2n) is 4.72. The first kappa shape index (κ1) is 11.1. The van der Waals surface area contributed by atoms with Crippen molar-refractivity contribution in [3.8, 4) is 0 Å². The quantitative estimate of drug-likeness (QED) is 0.778. The number of anilines is 1. The molecule has 0 aromatic heterocycles. The normalized spacial score (nSPS) is 25.2. The Labute approximate surface area is 103 Å². The molecule has 2 aliphatic rings. The van der Waals surface area contributed by atoms with Crippen LogP contribution in [-0.4, -0.2) is 32.8 Å². The highest BCUT2D eigenvalue weighted by Crippen LogP contribution is 2.32. The van der Waals surface area contributed by atoms with Gasteiger partial charge in [0, 0.05) is 25.3 Å². The Bertz CT molecular complexity index is 368. The van der Waals surface area contributed by atoms with Gasteiger partial charge in [0.25, 0.3) is 0 Å². The summed E-state index contributed by atoms with van der Waals surface area (Å²) in [5.74, 6) is 0. The van der Waals surface area contributed by atoms with Gasteiger partial charge in [-0.05, 0) is 24.5 Å². The van der Waals surface area contributed by atoms with Crippen LogP contribution >= 0.6 is 0 Å². The van der Waals surface area contributed by atoms with Crippen molar-refractivity contribution in [2.45, 2.75) is 18.9 Å². The van der Waals surface area contributed by atoms with E-state index in [1.165, 1.54) is 24.1 Å². The van der Waals surface area contributed by atoms with E-state index in [1.54, 1.807) is 0 Å². The number of rotatable bonds is 2. The SMILES string of the molecule is c1ccc(N2CCOCC2)c([C@H]2CCC[N]2)c1. The summed E-state index contributed by atoms with van der Waals surface area (Å²) in [4.78, 5) is 2.44. The van der Waals surface area contributed by atoms with Crippen LogP contribution in [-0.2, 0) is 4.74 Å². The fraction of sp³-hybridized carbons (Fsp3) is 0.571. The van der Waals surface area contributed by atoms with Crippen LogP contribution in [0.2, 0.25) is 0 Å². The summed E-state index contributed by atoms with van der Waals surface area (Å²) in [6.45, 7) is 4.72. The molecule has 1 aromatic rings. The molecular formula is C14H19N2O. The van der Waals surface area contributed by atoms with Crippen LogP contribution in [0.4, 0.5) is 5.69 Å². The van der Waals surface area contributed by atoms with E-state index >= 15 is 0 Å². The Kier molecular flexibility index (Phi) is 3.29. The van der Waals surface area contributed by atoms with Crippen LogP contribution in [0.25, 0.3) is 0 Å². The Hall–Kier alpha value is -1.06. The topological polar surface area (TPSA) is 26.6 Å². The number of hydrogen-bond acceptors (Lipinski definition) is 2. The summed E-state index contributed by atoms with van der Waals surface area (Å²) in [7, 11) is 0. The Morgan fingerprint density at radius 3 is 2.76 bits per heavy atom. The minimum atomic E-state index is 0.425. The molecule has 17 heavy (non-hydrogen) atoms. The maximum Gasteiger partial charge on any atom is 0.0642 e. The van der Waals surface area contributed by atoms with Gasteiger partial charge in [0.2, 0.25) is 0 Å². The molecule has 0 aliphatic carbocycles. The van der Waals surface area contributed by atoms with Crippen molar-refractivity contribution in [2.24, 2.45) is 0 Å². The molecule has 1 radical (unpaired) electrons. The van der Waals surface area contributed by atoms with Crippen molar-refractivity contribution < 1.29 is 4.74 Å². The predicted molar refractivity (Wildman–Crippen MR) is 68.5 cm³/mol. The lowest BCUT2D eigenvalue weighted by molar-refractivity contribution is 0.122. The van der Waals surface area contributed by atoms with Gasteiger partial charge in [0.15, 0.2) is 0 Å². The maximum atomic E-state index is 5.42. The minimum absolute atomic E-state index is 0.425. The number of morpholine rings is 1. The number of hydrogen-bond donors (Lipinski definition) is 0. The van der Waals surface area contributed by atoms with Crippen LogP contribution < -0.4 is 10.2 Å². The van der Waals surface area contributed by atoms with Gasteiger partial charge in [0.1, 0.15) is 0 Å². The summed E-state index contributed by atoms with van der Waals surface area (Å²) in [5.41, 5.74) is 2.78. The average molecular weight is 231 g/mol. The van der Waals surface area contributed by atoms with E-state index in [4.69, 9.17) is 10.1 Å². The van der Waals surface area contributed by atoms with E-state index < -0.39 is 0 Å². The molecule has 2 heterocycles. The van der Waals surface area contributed by atoms with Crippen LogP contribution in [0, 0.1) is 0 Å². The lowest BCUT2D eigenvalue weighted by Crippen LogP contribution is -2.37. The molecule has 2 aliphatic heterocycles. The largest absolute Gasteiger partial charge is 0.378 e. The zero-order valence-corrected chi connectivity index (χ0v) is 10.1. The fourth-order valence-electron chi connectivity index (χ4n) is 2.74. The van der Waals surface area contributed by atoms with E-state index in [0.29, 0.717) is 6.04 Å². The van der Waals surface area contributed by atoms with E-state index in [2.05, 4.69) is 29.2 Å². The van der Waals surface area contributed by atoms with Crippen molar-refractivity contribution in [1.82, 2.24) is 5.32 Å². The summed E-state index contributed by atoms with van der Waals surface area (Å²) in [5, 5.41) is 4.70. The lowest BCUT2D eigenvalue weighted by Gasteiger charge is -2.31. The van der Waals surface area contributed by atoms with Gasteiger partial charge in [-0.15, -0.1) is 0 Å². The molecule has 1 atom stereocenters. The zero-order chi connectivity index (χ0) is 11.5. The van der Waals surface area contributed by atoms with Gasteiger partial charge in [0.05, 0.1) is 19.3 Å². The van der Waals surface area contributed by atoms with Crippen LogP contribution in [0.1, 0.15) is 24.4 Å². The molecule has 2 fully saturated rings. The second kappa shape index (κ2) is 5.07. The van der Waals surface area contributed by atoms with Crippen LogP contribution in [0.15, 0.2) is 24.3 Å². The summed E-state index contributed by atoms with van der Waals surface area (Å²) in [6.07, 6.45) is 2.45. The van der Waals surface area contributed by atoms with Gasteiger partial charge >= 0.3 is 0 Å². The van der Waals surface area contributed by atoms with Gasteiger partial charge in [-0.2, -0.15) is 0 Å². The highest BCUT2D eigenvalue weighted by molar-refractivity contribution is 5.55. The third-order valence-electron chi connectivity index (χ3n) is 3.63. The molecule has 91 valence electrons. The smallest absolute Gasteiger partial charge is 0.0642 e. The molecule has 0 bridgehead atoms. The van der Waals surface area contributed by atoms with Crippen molar-refractivity contribution in [2.75, 3.05) is 37.7 Å². The first-order valence-electron chi connectivity index (χ1n) is 6.53. The first-order valence-corrected chi connectivity index (χ1v) is 6.53. The van der Waals surface area contributed by atoms with Gasteiger partial charge in [-0.3, -0.25) is 0 Å². The third kappa shape index (κ3) is 2.31. The Balaban J connectivity index is 1.86. The minimum Gasteiger partial charge on any atom is -0.378 e. The third-order valence-corrected chi connectivity index (χ3v) is 3.63. The maximum absolute atomic E-state index is 5.42. The van der Waals surface area contributed by atoms with Crippen molar-refractivity contribution in [3.05, 3.63) is 29.8 Å². The predicted octanol–water partition coefficient (Wildman–Crippen LogP) is 1.96. The van der Waals surface area contributed by atoms with E-state index in [0.717, 1.165) is 32.8 Å². The molecule has 2 saturated heterocycles. The van der Waals surface area contributed by atoms with Gasteiger partial charge in [-0.25, -0.2) is 5.32 Å². The Morgan fingerprint density at radius 2 is 2.00 bits per heavy atom. The molecule has 0 saturated carbocycles. The first-order chi connectivity index (χ1) is 8.45. The highest BCUT2D eigenvalue weighted by Gasteiger charge is 2.23. The van der Waals surface area contributed by atoms with Crippen LogP contribution in [0.5, 0.6) is 0 Å². The zero-order valence-electron chi connectivity index (χ0n) is 10.1. The highest BCUT2D eigenvalue weighted by atomic mass is 16.5. The standard InChI is InChI=1S/C14H19N2O/c1-2-6-14(16-8-10-17-11-9-16)12(4-1)13-5-3-7-15-13/h1-2,4,6,13H,3,5,7-11H2/t13-/m1/s1. The summed E-state index contributed by atoms with van der Waals surface area (Å²) >= 11 is 0. The van der Waals surface area contributed by atoms with Crippen molar-refractivity contribution in [1.29, 1.82) is 0 Å². The number of benzene rings is 1. The lowest BCUT2D eigenvalue weighted by atomic mass is 10.0. The second-order valence-corrected chi connectivity index (χ2v) is 4.72. The van der Waals surface area contributed by atoms with E-state index in [9.17, 15) is 0 Å². The molecule has 3 nitrogen and oxygen atoms in total. The number of para-hydroxylation sites is 1. The van der Waals surface area contributed by atoms with E-state index in [-0.39, 0.29) is 0 Å². The average Bonchev–Trinajstić information content (AvgIpc) is 2.94. The van der Waals surface area contributed by atoms with Crippen molar-refractivity contribution in [3.63, 3.8) is 0 Å². The van der Waals surface area contributed by atoms with Gasteiger partial charge in [-0.1, -0.05) is 18.2 Å². The van der Waals surface area contributed by atoms with Gasteiger partial charge < -0.3 is 9.64 Å². The van der Waals surface area contributed by atoms with E-state index in [1.807, 2.05) is 0 Å². The molecule has 0 unspecified atom stereocenters. The molecule has 3 heteroatoms. The molecule has 1 aromatic carbocycles. The Morgan fingerprint density at radius 1 is 1.18 bits per heavy atom. The molecule has 3 rings (SSSR count).